The van der Waals surface area contributed by atoms with Crippen molar-refractivity contribution in [1.29, 1.82) is 0 Å². The van der Waals surface area contributed by atoms with Crippen LogP contribution in [0.2, 0.25) is 10.0 Å². The Kier molecular flexibility index (Phi) is 8.04. The van der Waals surface area contributed by atoms with E-state index in [-0.39, 0.29) is 40.8 Å². The second-order valence-corrected chi connectivity index (χ2v) is 16.3. The molecular weight excluding hydrogens is 739 g/mol. The van der Waals surface area contributed by atoms with Crippen LogP contribution in [0, 0.1) is 11.8 Å². The number of halogens is 2. The van der Waals surface area contributed by atoms with Gasteiger partial charge in [-0.15, -0.1) is 0 Å². The highest BCUT2D eigenvalue weighted by Crippen LogP contribution is 2.51. The summed E-state index contributed by atoms with van der Waals surface area (Å²) in [6.07, 6.45) is 6.93. The minimum absolute atomic E-state index is 0.139. The summed E-state index contributed by atoms with van der Waals surface area (Å²) in [6, 6.07) is 14.3. The molecule has 9 rings (SSSR count). The summed E-state index contributed by atoms with van der Waals surface area (Å²) in [5, 5.41) is 17.7. The number of benzene rings is 2. The zero-order valence-electron chi connectivity index (χ0n) is 30.6. The van der Waals surface area contributed by atoms with Gasteiger partial charge in [0.1, 0.15) is 0 Å². The fourth-order valence-electron chi connectivity index (χ4n) is 9.27. The average Bonchev–Trinajstić information content (AvgIpc) is 3.86. The van der Waals surface area contributed by atoms with E-state index in [2.05, 4.69) is 31.8 Å². The monoisotopic (exact) mass is 776 g/mol. The van der Waals surface area contributed by atoms with Gasteiger partial charge in [0.25, 0.3) is 11.1 Å². The molecule has 14 heteroatoms. The number of carbonyl (C=O) groups excluding carboxylic acids is 2. The second kappa shape index (κ2) is 12.5. The number of pyridine rings is 2. The average molecular weight is 778 g/mol. The number of H-pyrrole nitrogens is 2. The lowest BCUT2D eigenvalue weighted by molar-refractivity contribution is -0.131. The van der Waals surface area contributed by atoms with Crippen LogP contribution in [-0.4, -0.2) is 54.4 Å². The molecule has 3 aliphatic rings. The first kappa shape index (κ1) is 35.3. The van der Waals surface area contributed by atoms with Gasteiger partial charge in [0.15, 0.2) is 0 Å². The molecule has 2 aliphatic heterocycles. The van der Waals surface area contributed by atoms with E-state index in [1.165, 1.54) is 0 Å². The van der Waals surface area contributed by atoms with Crippen LogP contribution in [0.4, 0.5) is 0 Å². The van der Waals surface area contributed by atoms with Crippen molar-refractivity contribution in [2.45, 2.75) is 50.5 Å². The molecule has 2 aromatic carbocycles. The van der Waals surface area contributed by atoms with Crippen LogP contribution >= 0.6 is 23.2 Å². The van der Waals surface area contributed by atoms with Crippen molar-refractivity contribution in [3.05, 3.63) is 114 Å². The van der Waals surface area contributed by atoms with Crippen LogP contribution in [0.15, 0.2) is 82.2 Å². The summed E-state index contributed by atoms with van der Waals surface area (Å²) < 4.78 is 3.66. The summed E-state index contributed by atoms with van der Waals surface area (Å²) in [4.78, 5) is 60.2. The zero-order valence-corrected chi connectivity index (χ0v) is 32.1. The summed E-state index contributed by atoms with van der Waals surface area (Å²) >= 11 is 13.5. The lowest BCUT2D eigenvalue weighted by Crippen LogP contribution is -2.58. The number of piperidine rings is 2. The third-order valence-electron chi connectivity index (χ3n) is 12.4. The van der Waals surface area contributed by atoms with E-state index in [4.69, 9.17) is 28.3 Å². The molecule has 0 spiro atoms. The molecule has 0 radical (unpaired) electrons. The van der Waals surface area contributed by atoms with E-state index in [9.17, 15) is 19.2 Å². The van der Waals surface area contributed by atoms with Crippen LogP contribution in [0.3, 0.4) is 0 Å². The third kappa shape index (κ3) is 5.25. The standard InChI is InChI=1S/C41H38Cl2N8O4/c1-20-12-28-23(17-45-39(55)41(28,3)27-7-9-32(49-37(27)53)21-13-29(42)24-18-46-50(4)33(24)15-21)35(20)51-34-16-22(14-30(43)25(34)19-47-51)31-8-6-26(36(52)48-31)40(2)10-5-11-44-38(40)54/h6-9,12-16,18-19,23,28,35H,5,10-11,17H2,1-4H3,(H,44,54)(H,45,55)(H,48,52)(H,49,53). The molecule has 0 saturated carbocycles. The second-order valence-electron chi connectivity index (χ2n) is 15.5. The van der Waals surface area contributed by atoms with Crippen molar-refractivity contribution < 1.29 is 9.59 Å². The van der Waals surface area contributed by atoms with Crippen LogP contribution in [0.25, 0.3) is 44.3 Å². The summed E-state index contributed by atoms with van der Waals surface area (Å²) in [7, 11) is 1.83. The first-order valence-corrected chi connectivity index (χ1v) is 19.1. The van der Waals surface area contributed by atoms with Gasteiger partial charge in [-0.25, -0.2) is 0 Å². The van der Waals surface area contributed by atoms with Crippen LogP contribution in [0.5, 0.6) is 0 Å². The number of hydrogen-bond donors (Lipinski definition) is 4. The summed E-state index contributed by atoms with van der Waals surface area (Å²) in [5.74, 6) is -0.832. The number of carbonyl (C=O) groups is 2. The smallest absolute Gasteiger partial charge is 0.252 e. The molecule has 6 aromatic rings. The quantitative estimate of drug-likeness (QED) is 0.159. The molecule has 2 saturated heterocycles. The number of nitrogens with one attached hydrogen (secondary N) is 4. The van der Waals surface area contributed by atoms with E-state index in [0.29, 0.717) is 57.6 Å². The lowest BCUT2D eigenvalue weighted by atomic mass is 9.64. The zero-order chi connectivity index (χ0) is 38.6. The molecule has 1 aliphatic carbocycles. The minimum atomic E-state index is -1.19. The van der Waals surface area contributed by atoms with Crippen molar-refractivity contribution >= 4 is 56.8 Å². The molecule has 2 fully saturated rings. The number of aryl methyl sites for hydroxylation is 1. The molecule has 55 heavy (non-hydrogen) atoms. The Bertz CT molecular complexity index is 2780. The number of rotatable bonds is 5. The first-order chi connectivity index (χ1) is 26.3. The van der Waals surface area contributed by atoms with Crippen LogP contribution in [0.1, 0.15) is 50.8 Å². The van der Waals surface area contributed by atoms with Crippen molar-refractivity contribution in [1.82, 2.24) is 40.2 Å². The predicted molar refractivity (Wildman–Crippen MR) is 212 cm³/mol. The SMILES string of the molecule is CC1=CC2C(CNC(=O)C2(C)c2ccc(-c3cc(Cl)c4cnn(C)c4c3)[nH]c2=O)C1n1ncc2c(Cl)cc(-c3ccc(C4(C)CCCNC4=O)c(=O)[nH]3)cc21. The number of aromatic amines is 2. The van der Waals surface area contributed by atoms with E-state index < -0.39 is 10.8 Å². The number of allylic oxidation sites excluding steroid dienone is 2. The number of aromatic nitrogens is 6. The molecule has 4 aromatic heterocycles. The van der Waals surface area contributed by atoms with Crippen molar-refractivity contribution in [3.8, 4) is 22.5 Å². The molecule has 0 bridgehead atoms. The van der Waals surface area contributed by atoms with Crippen LogP contribution in [-0.2, 0) is 27.5 Å². The Balaban J connectivity index is 1.06. The Morgan fingerprint density at radius 2 is 1.40 bits per heavy atom. The van der Waals surface area contributed by atoms with Gasteiger partial charge in [-0.05, 0) is 70.0 Å². The predicted octanol–water partition coefficient (Wildman–Crippen LogP) is 5.93. The fraction of sp³-hybridized carbons (Fsp3) is 0.317. The van der Waals surface area contributed by atoms with Gasteiger partial charge in [0, 0.05) is 76.4 Å². The van der Waals surface area contributed by atoms with E-state index in [1.807, 2.05) is 56.8 Å². The molecule has 12 nitrogen and oxygen atoms in total. The van der Waals surface area contributed by atoms with Gasteiger partial charge < -0.3 is 20.6 Å². The Morgan fingerprint density at radius 1 is 0.782 bits per heavy atom. The molecule has 4 N–H and O–H groups in total. The molecule has 280 valence electrons. The van der Waals surface area contributed by atoms with Gasteiger partial charge in [0.2, 0.25) is 11.8 Å². The van der Waals surface area contributed by atoms with E-state index in [0.717, 1.165) is 39.4 Å². The minimum Gasteiger partial charge on any atom is -0.355 e. The van der Waals surface area contributed by atoms with Gasteiger partial charge in [-0.2, -0.15) is 10.2 Å². The maximum atomic E-state index is 14.0. The number of amides is 2. The molecule has 6 heterocycles. The molecular formula is C41H38Cl2N8O4. The van der Waals surface area contributed by atoms with E-state index in [1.54, 1.807) is 41.3 Å². The molecule has 2 amide bonds. The lowest BCUT2D eigenvalue weighted by Gasteiger charge is -2.43. The molecule has 5 atom stereocenters. The number of nitrogens with zero attached hydrogens (tertiary/aromatic N) is 4. The van der Waals surface area contributed by atoms with Crippen LogP contribution < -0.4 is 21.8 Å². The number of fused-ring (bicyclic) bond motifs is 3. The van der Waals surface area contributed by atoms with Gasteiger partial charge in [0.05, 0.1) is 50.3 Å². The third-order valence-corrected chi connectivity index (χ3v) is 13.0. The van der Waals surface area contributed by atoms with Crippen molar-refractivity contribution in [3.63, 3.8) is 0 Å². The van der Waals surface area contributed by atoms with Crippen molar-refractivity contribution in [2.24, 2.45) is 18.9 Å². The fourth-order valence-corrected chi connectivity index (χ4v) is 9.80. The largest absolute Gasteiger partial charge is 0.355 e. The summed E-state index contributed by atoms with van der Waals surface area (Å²) in [5.41, 5.74) is 3.17. The van der Waals surface area contributed by atoms with Gasteiger partial charge in [-0.1, -0.05) is 47.0 Å². The Morgan fingerprint density at radius 3 is 2.05 bits per heavy atom. The number of hydrogen-bond acceptors (Lipinski definition) is 6. The van der Waals surface area contributed by atoms with Gasteiger partial charge >= 0.3 is 0 Å². The normalized spacial score (nSPS) is 25.2. The highest BCUT2D eigenvalue weighted by Gasteiger charge is 2.55. The highest BCUT2D eigenvalue weighted by molar-refractivity contribution is 6.36. The highest BCUT2D eigenvalue weighted by atomic mass is 35.5. The maximum Gasteiger partial charge on any atom is 0.252 e. The summed E-state index contributed by atoms with van der Waals surface area (Å²) in [6.45, 7) is 6.65. The van der Waals surface area contributed by atoms with Crippen molar-refractivity contribution in [2.75, 3.05) is 13.1 Å². The topological polar surface area (TPSA) is 160 Å². The Hall–Kier alpha value is -5.46. The first-order valence-electron chi connectivity index (χ1n) is 18.3. The Labute approximate surface area is 324 Å². The van der Waals surface area contributed by atoms with E-state index >= 15 is 0 Å². The maximum absolute atomic E-state index is 14.0. The van der Waals surface area contributed by atoms with Gasteiger partial charge in [-0.3, -0.25) is 28.5 Å². The molecule has 5 unspecified atom stereocenters.